The summed E-state index contributed by atoms with van der Waals surface area (Å²) < 4.78 is 0. The third-order valence-corrected chi connectivity index (χ3v) is 3.34. The lowest BCUT2D eigenvalue weighted by molar-refractivity contribution is 1.13. The van der Waals surface area contributed by atoms with E-state index in [9.17, 15) is 0 Å². The van der Waals surface area contributed by atoms with Crippen molar-refractivity contribution >= 4 is 29.0 Å². The molecule has 0 aliphatic heterocycles. The van der Waals surface area contributed by atoms with Gasteiger partial charge in [-0.3, -0.25) is 9.98 Å². The third-order valence-electron chi connectivity index (χ3n) is 3.34. The molecular formula is C20H23N5. The Labute approximate surface area is 148 Å². The molecule has 0 saturated carbocycles. The van der Waals surface area contributed by atoms with Gasteiger partial charge in [-0.25, -0.2) is 0 Å². The highest BCUT2D eigenvalue weighted by molar-refractivity contribution is 5.79. The normalized spacial score (nSPS) is 10.2. The lowest BCUT2D eigenvalue weighted by Gasteiger charge is -2.11. The molecule has 0 bridgehead atoms. The quantitative estimate of drug-likeness (QED) is 0.565. The van der Waals surface area contributed by atoms with Gasteiger partial charge in [0.05, 0.1) is 17.6 Å². The number of hydrogen-bond donors (Lipinski definition) is 2. The maximum absolute atomic E-state index is 5.57. The minimum absolute atomic E-state index is 0.742. The first-order valence-electron chi connectivity index (χ1n) is 7.88. The zero-order valence-electron chi connectivity index (χ0n) is 14.5. The van der Waals surface area contributed by atoms with Crippen LogP contribution in [0.1, 0.15) is 5.69 Å². The summed E-state index contributed by atoms with van der Waals surface area (Å²) in [6, 6.07) is 20.9. The van der Waals surface area contributed by atoms with Crippen LogP contribution in [0.2, 0.25) is 0 Å². The molecule has 0 atom stereocenters. The summed E-state index contributed by atoms with van der Waals surface area (Å²) >= 11 is 0. The van der Waals surface area contributed by atoms with Gasteiger partial charge >= 0.3 is 0 Å². The molecule has 5 nitrogen and oxygen atoms in total. The first-order chi connectivity index (χ1) is 12.0. The summed E-state index contributed by atoms with van der Waals surface area (Å²) in [5.74, 6) is 0. The van der Waals surface area contributed by atoms with Crippen molar-refractivity contribution in [2.45, 2.75) is 0 Å². The molecule has 0 spiro atoms. The van der Waals surface area contributed by atoms with E-state index >= 15 is 0 Å². The van der Waals surface area contributed by atoms with E-state index < -0.39 is 0 Å². The predicted molar refractivity (Wildman–Crippen MR) is 108 cm³/mol. The number of hydrogen-bond acceptors (Lipinski definition) is 5. The van der Waals surface area contributed by atoms with Crippen LogP contribution < -0.4 is 16.4 Å². The van der Waals surface area contributed by atoms with Crippen LogP contribution in [-0.2, 0) is 0 Å². The summed E-state index contributed by atoms with van der Waals surface area (Å²) in [6.45, 7) is 0. The van der Waals surface area contributed by atoms with E-state index in [0.717, 1.165) is 22.8 Å². The maximum Gasteiger partial charge on any atom is 0.0812 e. The second-order valence-electron chi connectivity index (χ2n) is 5.59. The lowest BCUT2D eigenvalue weighted by Crippen LogP contribution is -2.08. The van der Waals surface area contributed by atoms with E-state index in [0.29, 0.717) is 0 Å². The van der Waals surface area contributed by atoms with Crippen LogP contribution in [0.3, 0.4) is 0 Å². The van der Waals surface area contributed by atoms with Gasteiger partial charge in [-0.2, -0.15) is 0 Å². The molecular weight excluding hydrogens is 310 g/mol. The van der Waals surface area contributed by atoms with E-state index in [-0.39, 0.29) is 0 Å². The van der Waals surface area contributed by atoms with Crippen molar-refractivity contribution in [3.8, 4) is 0 Å². The van der Waals surface area contributed by atoms with Crippen LogP contribution in [0.5, 0.6) is 0 Å². The second-order valence-corrected chi connectivity index (χ2v) is 5.59. The maximum atomic E-state index is 5.57. The van der Waals surface area contributed by atoms with Gasteiger partial charge in [0.1, 0.15) is 0 Å². The Balaban J connectivity index is 0.000000196. The number of aromatic nitrogens is 1. The van der Waals surface area contributed by atoms with E-state index in [1.165, 1.54) is 5.69 Å². The first kappa shape index (κ1) is 18.0. The fourth-order valence-electron chi connectivity index (χ4n) is 1.93. The topological polar surface area (TPSA) is 80.5 Å². The number of aliphatic imine (C=N–C) groups is 1. The van der Waals surface area contributed by atoms with Crippen molar-refractivity contribution in [1.29, 1.82) is 0 Å². The Kier molecular flexibility index (Phi) is 6.54. The smallest absolute Gasteiger partial charge is 0.0812 e. The molecule has 5 heteroatoms. The molecule has 25 heavy (non-hydrogen) atoms. The number of anilines is 3. The predicted octanol–water partition coefficient (Wildman–Crippen LogP) is 3.75. The van der Waals surface area contributed by atoms with Crippen LogP contribution in [-0.4, -0.2) is 25.3 Å². The first-order valence-corrected chi connectivity index (χ1v) is 7.88. The number of nitrogens with zero attached hydrogens (tertiary/aromatic N) is 3. The highest BCUT2D eigenvalue weighted by Crippen LogP contribution is 2.13. The summed E-state index contributed by atoms with van der Waals surface area (Å²) in [7, 11) is 4.01. The zero-order valence-corrected chi connectivity index (χ0v) is 14.5. The molecule has 2 aromatic carbocycles. The minimum atomic E-state index is 0.742. The Hall–Kier alpha value is -3.34. The largest absolute Gasteiger partial charge is 0.399 e. The molecule has 0 saturated heterocycles. The van der Waals surface area contributed by atoms with Gasteiger partial charge in [0.15, 0.2) is 0 Å². The highest BCUT2D eigenvalue weighted by atomic mass is 15.1. The molecule has 0 amide bonds. The van der Waals surface area contributed by atoms with Crippen molar-refractivity contribution in [2.24, 2.45) is 4.99 Å². The highest BCUT2D eigenvalue weighted by Gasteiger charge is 1.91. The fraction of sp³-hybridized carbons (Fsp3) is 0.100. The van der Waals surface area contributed by atoms with E-state index in [1.807, 2.05) is 85.7 Å². The summed E-state index contributed by atoms with van der Waals surface area (Å²) in [5.41, 5.74) is 15.5. The Morgan fingerprint density at radius 1 is 0.840 bits per heavy atom. The average molecular weight is 333 g/mol. The number of nitrogen functional groups attached to an aromatic ring is 2. The van der Waals surface area contributed by atoms with Gasteiger partial charge in [-0.15, -0.1) is 0 Å². The minimum Gasteiger partial charge on any atom is -0.399 e. The van der Waals surface area contributed by atoms with Gasteiger partial charge in [0.2, 0.25) is 0 Å². The fourth-order valence-corrected chi connectivity index (χ4v) is 1.93. The van der Waals surface area contributed by atoms with Crippen molar-refractivity contribution in [1.82, 2.24) is 4.98 Å². The van der Waals surface area contributed by atoms with Crippen LogP contribution in [0, 0.1) is 0 Å². The lowest BCUT2D eigenvalue weighted by atomic mass is 10.3. The molecule has 3 rings (SSSR count). The molecule has 0 fully saturated rings. The molecule has 1 aromatic heterocycles. The average Bonchev–Trinajstić information content (AvgIpc) is 2.63. The summed E-state index contributed by atoms with van der Waals surface area (Å²) in [5, 5.41) is 0. The SMILES string of the molecule is CN(C)c1ccc(N)cc1.Nc1ccc(N=Cc2ccccn2)cc1. The molecule has 0 aliphatic carbocycles. The molecule has 1 heterocycles. The van der Waals surface area contributed by atoms with Gasteiger partial charge in [-0.05, 0) is 60.7 Å². The van der Waals surface area contributed by atoms with E-state index in [1.54, 1.807) is 12.4 Å². The molecule has 3 aromatic rings. The number of nitrogens with two attached hydrogens (primary N) is 2. The summed E-state index contributed by atoms with van der Waals surface area (Å²) in [4.78, 5) is 10.5. The number of rotatable bonds is 3. The Bertz CT molecular complexity index is 779. The van der Waals surface area contributed by atoms with Crippen LogP contribution in [0.15, 0.2) is 77.9 Å². The van der Waals surface area contributed by atoms with Crippen LogP contribution in [0.4, 0.5) is 22.7 Å². The monoisotopic (exact) mass is 333 g/mol. The molecule has 0 aliphatic rings. The zero-order chi connectivity index (χ0) is 18.1. The van der Waals surface area contributed by atoms with Gasteiger partial charge in [-0.1, -0.05) is 6.07 Å². The number of pyridine rings is 1. The number of benzene rings is 2. The molecule has 128 valence electrons. The van der Waals surface area contributed by atoms with Gasteiger partial charge < -0.3 is 16.4 Å². The van der Waals surface area contributed by atoms with Gasteiger partial charge in [0.25, 0.3) is 0 Å². The van der Waals surface area contributed by atoms with Crippen molar-refractivity contribution in [3.05, 3.63) is 78.6 Å². The van der Waals surface area contributed by atoms with E-state index in [4.69, 9.17) is 11.5 Å². The van der Waals surface area contributed by atoms with Crippen molar-refractivity contribution in [3.63, 3.8) is 0 Å². The molecule has 0 radical (unpaired) electrons. The second kappa shape index (κ2) is 9.08. The van der Waals surface area contributed by atoms with Gasteiger partial charge in [0, 0.05) is 37.4 Å². The van der Waals surface area contributed by atoms with Crippen LogP contribution in [0.25, 0.3) is 0 Å². The third kappa shape index (κ3) is 6.35. The Morgan fingerprint density at radius 2 is 1.44 bits per heavy atom. The molecule has 4 N–H and O–H groups in total. The van der Waals surface area contributed by atoms with Crippen molar-refractivity contribution in [2.75, 3.05) is 30.5 Å². The standard InChI is InChI=1S/C12H11N3.C8H12N2/c13-10-4-6-11(7-5-10)15-9-12-3-1-2-8-14-12;1-10(2)8-5-3-7(9)4-6-8/h1-9H,13H2;3-6H,9H2,1-2H3. The van der Waals surface area contributed by atoms with E-state index in [2.05, 4.69) is 9.98 Å². The van der Waals surface area contributed by atoms with Crippen LogP contribution >= 0.6 is 0 Å². The van der Waals surface area contributed by atoms with Crippen molar-refractivity contribution < 1.29 is 0 Å². The Morgan fingerprint density at radius 3 is 1.96 bits per heavy atom. The molecule has 0 unspecified atom stereocenters. The summed E-state index contributed by atoms with van der Waals surface area (Å²) in [6.07, 6.45) is 3.47.